The minimum Gasteiger partial charge on any atom is -0.367 e. The fraction of sp³-hybridized carbons (Fsp3) is 0.333. The first-order valence-electron chi connectivity index (χ1n) is 9.20. The van der Waals surface area contributed by atoms with Gasteiger partial charge in [-0.3, -0.25) is 9.69 Å². The van der Waals surface area contributed by atoms with E-state index in [2.05, 4.69) is 22.3 Å². The zero-order valence-corrected chi connectivity index (χ0v) is 14.7. The average molecular weight is 349 g/mol. The Morgan fingerprint density at radius 1 is 0.962 bits per heavy atom. The molecule has 2 unspecified atom stereocenters. The number of nitrogens with one attached hydrogen (secondary N) is 1. The Hall–Kier alpha value is -2.82. The predicted octanol–water partition coefficient (Wildman–Crippen LogP) is 2.99. The van der Waals surface area contributed by atoms with Crippen molar-refractivity contribution >= 4 is 17.6 Å². The van der Waals surface area contributed by atoms with Crippen LogP contribution in [0.15, 0.2) is 60.7 Å². The molecule has 0 spiro atoms. The summed E-state index contributed by atoms with van der Waals surface area (Å²) in [6, 6.07) is 19.8. The second-order valence-electron chi connectivity index (χ2n) is 6.92. The van der Waals surface area contributed by atoms with Crippen molar-refractivity contribution in [1.82, 2.24) is 10.2 Å². The summed E-state index contributed by atoms with van der Waals surface area (Å²) in [6.45, 7) is 1.76. The van der Waals surface area contributed by atoms with E-state index in [9.17, 15) is 9.59 Å². The lowest BCUT2D eigenvalue weighted by atomic mass is 9.96. The molecule has 0 aliphatic carbocycles. The number of nitrogens with zero attached hydrogens (tertiary/aromatic N) is 2. The number of imide groups is 1. The van der Waals surface area contributed by atoms with Gasteiger partial charge in [0.15, 0.2) is 0 Å². The van der Waals surface area contributed by atoms with E-state index >= 15 is 0 Å². The smallest absolute Gasteiger partial charge is 0.324 e. The molecule has 5 nitrogen and oxygen atoms in total. The molecule has 3 amide bonds. The van der Waals surface area contributed by atoms with Crippen LogP contribution in [0.3, 0.4) is 0 Å². The van der Waals surface area contributed by atoms with Crippen LogP contribution in [0.4, 0.5) is 10.5 Å². The van der Waals surface area contributed by atoms with Gasteiger partial charge in [0.1, 0.15) is 0 Å². The van der Waals surface area contributed by atoms with Gasteiger partial charge in [-0.2, -0.15) is 0 Å². The van der Waals surface area contributed by atoms with Crippen molar-refractivity contribution in [1.29, 1.82) is 0 Å². The third-order valence-corrected chi connectivity index (χ3v) is 5.33. The number of carbonyl (C=O) groups excluding carboxylic acids is 2. The predicted molar refractivity (Wildman–Crippen MR) is 101 cm³/mol. The van der Waals surface area contributed by atoms with Crippen molar-refractivity contribution in [3.05, 3.63) is 66.2 Å². The van der Waals surface area contributed by atoms with Crippen LogP contribution in [0, 0.1) is 0 Å². The highest BCUT2D eigenvalue weighted by Crippen LogP contribution is 2.28. The highest BCUT2D eigenvalue weighted by Gasteiger charge is 2.38. The molecule has 0 aromatic heterocycles. The molecule has 2 aliphatic heterocycles. The number of rotatable bonds is 4. The average Bonchev–Trinajstić information content (AvgIpc) is 3.15. The van der Waals surface area contributed by atoms with E-state index in [-0.39, 0.29) is 23.9 Å². The number of para-hydroxylation sites is 1. The van der Waals surface area contributed by atoms with Crippen molar-refractivity contribution < 1.29 is 9.59 Å². The maximum absolute atomic E-state index is 13.0. The molecule has 4 rings (SSSR count). The lowest BCUT2D eigenvalue weighted by Crippen LogP contribution is -2.57. The molecule has 2 aromatic carbocycles. The van der Waals surface area contributed by atoms with Crippen molar-refractivity contribution in [3.8, 4) is 0 Å². The normalized spacial score (nSPS) is 23.2. The zero-order valence-electron chi connectivity index (χ0n) is 14.7. The summed E-state index contributed by atoms with van der Waals surface area (Å²) in [5.74, 6) is -0.402. The van der Waals surface area contributed by atoms with Crippen LogP contribution in [0.25, 0.3) is 0 Å². The van der Waals surface area contributed by atoms with Crippen LogP contribution in [0.1, 0.15) is 24.3 Å². The van der Waals surface area contributed by atoms with Gasteiger partial charge in [-0.15, -0.1) is 0 Å². The quantitative estimate of drug-likeness (QED) is 0.923. The first-order chi connectivity index (χ1) is 12.7. The molecule has 2 atom stereocenters. The topological polar surface area (TPSA) is 52.7 Å². The molecule has 2 heterocycles. The molecule has 0 bridgehead atoms. The Kier molecular flexibility index (Phi) is 4.61. The lowest BCUT2D eigenvalue weighted by molar-refractivity contribution is -0.131. The molecule has 2 aliphatic rings. The summed E-state index contributed by atoms with van der Waals surface area (Å²) in [4.78, 5) is 29.1. The van der Waals surface area contributed by atoms with Crippen molar-refractivity contribution in [2.75, 3.05) is 24.5 Å². The van der Waals surface area contributed by atoms with Gasteiger partial charge in [0.25, 0.3) is 0 Å². The molecule has 0 saturated carbocycles. The second-order valence-corrected chi connectivity index (χ2v) is 6.92. The van der Waals surface area contributed by atoms with Crippen molar-refractivity contribution in [2.24, 2.45) is 0 Å². The molecule has 5 heteroatoms. The van der Waals surface area contributed by atoms with Crippen LogP contribution >= 0.6 is 0 Å². The third kappa shape index (κ3) is 3.17. The van der Waals surface area contributed by atoms with E-state index in [1.165, 1.54) is 4.90 Å². The van der Waals surface area contributed by atoms with E-state index in [1.807, 2.05) is 48.5 Å². The van der Waals surface area contributed by atoms with Crippen LogP contribution in [-0.4, -0.2) is 42.5 Å². The Labute approximate surface area is 153 Å². The van der Waals surface area contributed by atoms with Gasteiger partial charge in [-0.1, -0.05) is 48.5 Å². The Morgan fingerprint density at radius 3 is 2.38 bits per heavy atom. The minimum atomic E-state index is -0.305. The molecular weight excluding hydrogens is 326 g/mol. The first kappa shape index (κ1) is 16.6. The molecule has 0 radical (unpaired) electrons. The molecule has 134 valence electrons. The van der Waals surface area contributed by atoms with Crippen LogP contribution in [0.5, 0.6) is 0 Å². The SMILES string of the molecule is O=C1NCC(c2ccccc2)C(=O)N1CC1CCCN1c1ccccc1. The first-order valence-corrected chi connectivity index (χ1v) is 9.20. The molecule has 2 aromatic rings. The summed E-state index contributed by atoms with van der Waals surface area (Å²) in [5, 5.41) is 2.89. The number of carbonyl (C=O) groups is 2. The van der Waals surface area contributed by atoms with Gasteiger partial charge < -0.3 is 10.2 Å². The van der Waals surface area contributed by atoms with Gasteiger partial charge in [0, 0.05) is 24.8 Å². The maximum Gasteiger partial charge on any atom is 0.324 e. The summed E-state index contributed by atoms with van der Waals surface area (Å²) in [5.41, 5.74) is 2.10. The molecule has 26 heavy (non-hydrogen) atoms. The largest absolute Gasteiger partial charge is 0.367 e. The Balaban J connectivity index is 1.52. The van der Waals surface area contributed by atoms with Crippen LogP contribution in [0.2, 0.25) is 0 Å². The summed E-state index contributed by atoms with van der Waals surface area (Å²) in [7, 11) is 0. The van der Waals surface area contributed by atoms with Crippen LogP contribution in [-0.2, 0) is 4.79 Å². The number of benzene rings is 2. The monoisotopic (exact) mass is 349 g/mol. The Bertz CT molecular complexity index is 778. The van der Waals surface area contributed by atoms with E-state index in [0.29, 0.717) is 13.1 Å². The fourth-order valence-corrected chi connectivity index (χ4v) is 3.97. The van der Waals surface area contributed by atoms with E-state index in [4.69, 9.17) is 0 Å². The standard InChI is InChI=1S/C21H23N3O2/c25-20-19(16-8-3-1-4-9-16)14-22-21(26)24(20)15-18-12-7-13-23(18)17-10-5-2-6-11-17/h1-6,8-11,18-19H,7,12-15H2,(H,22,26). The van der Waals surface area contributed by atoms with Gasteiger partial charge in [-0.25, -0.2) is 4.79 Å². The number of anilines is 1. The second kappa shape index (κ2) is 7.20. The fourth-order valence-electron chi connectivity index (χ4n) is 3.97. The highest BCUT2D eigenvalue weighted by molar-refractivity contribution is 6.00. The van der Waals surface area contributed by atoms with Crippen molar-refractivity contribution in [3.63, 3.8) is 0 Å². The van der Waals surface area contributed by atoms with E-state index < -0.39 is 0 Å². The van der Waals surface area contributed by atoms with Crippen molar-refractivity contribution in [2.45, 2.75) is 24.8 Å². The number of urea groups is 1. The molecule has 2 fully saturated rings. The minimum absolute atomic E-state index is 0.0974. The highest BCUT2D eigenvalue weighted by atomic mass is 16.2. The van der Waals surface area contributed by atoms with E-state index in [1.54, 1.807) is 0 Å². The summed E-state index contributed by atoms with van der Waals surface area (Å²) >= 11 is 0. The number of hydrogen-bond acceptors (Lipinski definition) is 3. The van der Waals surface area contributed by atoms with Gasteiger partial charge in [-0.05, 0) is 30.5 Å². The van der Waals surface area contributed by atoms with Gasteiger partial charge >= 0.3 is 6.03 Å². The number of hydrogen-bond donors (Lipinski definition) is 1. The maximum atomic E-state index is 13.0. The zero-order chi connectivity index (χ0) is 17.9. The van der Waals surface area contributed by atoms with Gasteiger partial charge in [0.05, 0.1) is 12.5 Å². The third-order valence-electron chi connectivity index (χ3n) is 5.33. The van der Waals surface area contributed by atoms with Crippen LogP contribution < -0.4 is 10.2 Å². The molecule has 1 N–H and O–H groups in total. The number of amides is 3. The van der Waals surface area contributed by atoms with Gasteiger partial charge in [0.2, 0.25) is 5.91 Å². The summed E-state index contributed by atoms with van der Waals surface area (Å²) < 4.78 is 0. The lowest BCUT2D eigenvalue weighted by Gasteiger charge is -2.36. The van der Waals surface area contributed by atoms with E-state index in [0.717, 1.165) is 30.6 Å². The summed E-state index contributed by atoms with van der Waals surface area (Å²) in [6.07, 6.45) is 2.06. The molecule has 2 saturated heterocycles. The Morgan fingerprint density at radius 2 is 1.65 bits per heavy atom. The molecular formula is C21H23N3O2.